The van der Waals surface area contributed by atoms with Crippen molar-refractivity contribution in [2.75, 3.05) is 19.8 Å². The van der Waals surface area contributed by atoms with E-state index in [0.717, 1.165) is 42.7 Å². The van der Waals surface area contributed by atoms with Crippen LogP contribution < -0.4 is 0 Å². The summed E-state index contributed by atoms with van der Waals surface area (Å²) in [5, 5.41) is 1.84. The molecule has 0 heterocycles. The van der Waals surface area contributed by atoms with Gasteiger partial charge in [-0.15, -0.1) is 0 Å². The third-order valence-corrected chi connectivity index (χ3v) is 4.54. The van der Waals surface area contributed by atoms with Crippen LogP contribution in [-0.4, -0.2) is 35.4 Å². The average Bonchev–Trinajstić information content (AvgIpc) is 2.75. The van der Waals surface area contributed by atoms with Crippen molar-refractivity contribution < 1.29 is 19.1 Å². The summed E-state index contributed by atoms with van der Waals surface area (Å²) in [4.78, 5) is 9.42. The second-order valence-corrected chi connectivity index (χ2v) is 6.88. The van der Waals surface area contributed by atoms with E-state index < -0.39 is 0 Å². The minimum absolute atomic E-state index is 0.367. The molecule has 0 saturated carbocycles. The highest BCUT2D eigenvalue weighted by Crippen LogP contribution is 2.28. The minimum atomic E-state index is 0.367. The molecule has 6 nitrogen and oxygen atoms in total. The zero-order valence-corrected chi connectivity index (χ0v) is 17.9. The quantitative estimate of drug-likeness (QED) is 0.197. The normalized spacial score (nSPS) is 13.8. The summed E-state index contributed by atoms with van der Waals surface area (Å²) in [7, 11) is 0. The Kier molecular flexibility index (Phi) is 10.0. The predicted octanol–water partition coefficient (Wildman–Crippen LogP) is 5.24. The molecule has 0 fully saturated rings. The number of hydroxylamine groups is 2. The number of nitrogens with zero attached hydrogens (tertiary/aromatic N) is 3. The number of benzene rings is 1. The van der Waals surface area contributed by atoms with Crippen molar-refractivity contribution in [3.63, 3.8) is 0 Å². The van der Waals surface area contributed by atoms with Gasteiger partial charge in [0.1, 0.15) is 17.9 Å². The van der Waals surface area contributed by atoms with Crippen LogP contribution in [0.5, 0.6) is 0 Å². The summed E-state index contributed by atoms with van der Waals surface area (Å²) in [6, 6.07) is 10.2. The van der Waals surface area contributed by atoms with Crippen LogP contribution in [0, 0.1) is 0 Å². The van der Waals surface area contributed by atoms with Crippen molar-refractivity contribution >= 4 is 5.71 Å². The lowest BCUT2D eigenvalue weighted by molar-refractivity contribution is -0.134. The molecule has 0 amide bonds. The molecule has 0 aromatic heterocycles. The van der Waals surface area contributed by atoms with Gasteiger partial charge in [-0.25, -0.2) is 5.06 Å². The molecule has 0 radical (unpaired) electrons. The molecular weight excluding hydrogens is 366 g/mol. The molecule has 0 atom stereocenters. The first-order valence-corrected chi connectivity index (χ1v) is 10.6. The van der Waals surface area contributed by atoms with Crippen molar-refractivity contribution in [1.29, 1.82) is 0 Å². The summed E-state index contributed by atoms with van der Waals surface area (Å²) in [6.45, 7) is 8.49. The molecule has 0 N–H and O–H groups in total. The standard InChI is InChI=1S/C23H33N3O3/c1-4-7-14-27-22-17-21(23(16-20(22)25-24)28-15-8-5-2)26(29-6-3)18-19-12-10-9-11-13-19/h9-13,17H,4-8,14-16,18H2,1-3H3. The number of ether oxygens (including phenoxy) is 2. The Hall–Kier alpha value is -2.56. The van der Waals surface area contributed by atoms with Crippen LogP contribution in [0.25, 0.3) is 5.53 Å². The fraction of sp³-hybridized carbons (Fsp3) is 0.522. The van der Waals surface area contributed by atoms with Gasteiger partial charge in [0.2, 0.25) is 5.76 Å². The van der Waals surface area contributed by atoms with Crippen molar-refractivity contribution in [2.24, 2.45) is 0 Å². The van der Waals surface area contributed by atoms with Gasteiger partial charge < -0.3 is 15.0 Å². The van der Waals surface area contributed by atoms with Gasteiger partial charge in [0.25, 0.3) is 0 Å². The van der Waals surface area contributed by atoms with E-state index in [4.69, 9.17) is 14.3 Å². The van der Waals surface area contributed by atoms with Gasteiger partial charge in [-0.05, 0) is 25.3 Å². The molecule has 29 heavy (non-hydrogen) atoms. The number of allylic oxidation sites excluding steroid dienone is 3. The molecule has 1 aliphatic carbocycles. The van der Waals surface area contributed by atoms with E-state index in [-0.39, 0.29) is 0 Å². The molecule has 0 bridgehead atoms. The fourth-order valence-corrected chi connectivity index (χ4v) is 2.93. The molecule has 0 spiro atoms. The highest BCUT2D eigenvalue weighted by molar-refractivity contribution is 5.97. The van der Waals surface area contributed by atoms with Crippen molar-refractivity contribution in [1.82, 2.24) is 5.06 Å². The van der Waals surface area contributed by atoms with E-state index in [1.807, 2.05) is 36.3 Å². The van der Waals surface area contributed by atoms with E-state index in [1.54, 1.807) is 0 Å². The fourth-order valence-electron chi connectivity index (χ4n) is 2.93. The van der Waals surface area contributed by atoms with E-state index >= 15 is 0 Å². The highest BCUT2D eigenvalue weighted by Gasteiger charge is 2.31. The molecule has 0 saturated heterocycles. The maximum atomic E-state index is 9.51. The summed E-state index contributed by atoms with van der Waals surface area (Å²) >= 11 is 0. The molecule has 1 aromatic rings. The molecule has 6 heteroatoms. The average molecular weight is 400 g/mol. The highest BCUT2D eigenvalue weighted by atomic mass is 16.7. The van der Waals surface area contributed by atoms with Crippen molar-refractivity contribution in [2.45, 2.75) is 59.4 Å². The van der Waals surface area contributed by atoms with E-state index in [0.29, 0.717) is 44.3 Å². The second kappa shape index (κ2) is 12.8. The van der Waals surface area contributed by atoms with E-state index in [9.17, 15) is 5.53 Å². The number of hydrogen-bond acceptors (Lipinski definition) is 4. The molecule has 1 aromatic carbocycles. The number of unbranched alkanes of at least 4 members (excludes halogenated alkanes) is 2. The summed E-state index contributed by atoms with van der Waals surface area (Å²) in [5.41, 5.74) is 11.9. The second-order valence-electron chi connectivity index (χ2n) is 6.88. The number of hydrogen-bond donors (Lipinski definition) is 0. The lowest BCUT2D eigenvalue weighted by Crippen LogP contribution is -2.28. The third-order valence-electron chi connectivity index (χ3n) is 4.54. The predicted molar refractivity (Wildman–Crippen MR) is 114 cm³/mol. The maximum absolute atomic E-state index is 9.51. The van der Waals surface area contributed by atoms with Crippen LogP contribution in [-0.2, 0) is 20.9 Å². The Labute approximate surface area is 174 Å². The Morgan fingerprint density at radius 3 is 2.31 bits per heavy atom. The lowest BCUT2D eigenvalue weighted by atomic mass is 10.0. The molecule has 2 rings (SSSR count). The third kappa shape index (κ3) is 7.08. The Balaban J connectivity index is 2.36. The molecule has 158 valence electrons. The van der Waals surface area contributed by atoms with Gasteiger partial charge >= 0.3 is 5.71 Å². The van der Waals surface area contributed by atoms with Crippen LogP contribution in [0.1, 0.15) is 58.4 Å². The first-order chi connectivity index (χ1) is 14.2. The molecule has 0 aliphatic heterocycles. The molecule has 1 aliphatic rings. The van der Waals surface area contributed by atoms with Gasteiger partial charge in [0.05, 0.1) is 26.4 Å². The van der Waals surface area contributed by atoms with Gasteiger partial charge in [0, 0.05) is 6.08 Å². The van der Waals surface area contributed by atoms with Gasteiger partial charge in [0.15, 0.2) is 0 Å². The van der Waals surface area contributed by atoms with Gasteiger partial charge in [-0.2, -0.15) is 4.79 Å². The Morgan fingerprint density at radius 1 is 1.00 bits per heavy atom. The minimum Gasteiger partial charge on any atom is -0.495 e. The van der Waals surface area contributed by atoms with Crippen LogP contribution in [0.3, 0.4) is 0 Å². The first kappa shape index (κ1) is 22.7. The Bertz CT molecular complexity index is 737. The van der Waals surface area contributed by atoms with E-state index in [1.165, 1.54) is 0 Å². The smallest absolute Gasteiger partial charge is 0.341 e. The topological polar surface area (TPSA) is 67.3 Å². The zero-order chi connectivity index (χ0) is 20.9. The summed E-state index contributed by atoms with van der Waals surface area (Å²) in [5.74, 6) is 1.30. The largest absolute Gasteiger partial charge is 0.495 e. The lowest BCUT2D eigenvalue weighted by Gasteiger charge is -2.28. The Morgan fingerprint density at radius 2 is 1.69 bits per heavy atom. The zero-order valence-electron chi connectivity index (χ0n) is 17.9. The number of rotatable bonds is 13. The van der Waals surface area contributed by atoms with E-state index in [2.05, 4.69) is 30.8 Å². The summed E-state index contributed by atoms with van der Waals surface area (Å²) < 4.78 is 12.0. The van der Waals surface area contributed by atoms with Gasteiger partial charge in [-0.1, -0.05) is 57.0 Å². The van der Waals surface area contributed by atoms with Crippen molar-refractivity contribution in [3.8, 4) is 0 Å². The maximum Gasteiger partial charge on any atom is 0.341 e. The van der Waals surface area contributed by atoms with Gasteiger partial charge in [-0.3, -0.25) is 4.84 Å². The molecule has 0 unspecified atom stereocenters. The van der Waals surface area contributed by atoms with Crippen LogP contribution in [0.15, 0.2) is 53.6 Å². The van der Waals surface area contributed by atoms with Crippen LogP contribution in [0.4, 0.5) is 0 Å². The van der Waals surface area contributed by atoms with Crippen molar-refractivity contribution in [3.05, 3.63) is 64.7 Å². The monoisotopic (exact) mass is 399 g/mol. The molecular formula is C23H33N3O3. The van der Waals surface area contributed by atoms with Crippen LogP contribution in [0.2, 0.25) is 0 Å². The SMILES string of the molecule is CCCCOC1=CC(N(Cc2ccccc2)OCC)=C(OCCCC)CC1=[N+]=[N-]. The summed E-state index contributed by atoms with van der Waals surface area (Å²) in [6.07, 6.45) is 6.21. The van der Waals surface area contributed by atoms with Crippen LogP contribution >= 0.6 is 0 Å². The first-order valence-electron chi connectivity index (χ1n) is 10.6.